The zero-order valence-electron chi connectivity index (χ0n) is 16.5. The topological polar surface area (TPSA) is 76.2 Å². The van der Waals surface area contributed by atoms with E-state index in [0.717, 1.165) is 28.5 Å². The number of hydrogen-bond donors (Lipinski definition) is 0. The van der Waals surface area contributed by atoms with Crippen molar-refractivity contribution in [3.63, 3.8) is 0 Å². The van der Waals surface area contributed by atoms with E-state index in [4.69, 9.17) is 9.47 Å². The van der Waals surface area contributed by atoms with Gasteiger partial charge in [-0.3, -0.25) is 4.79 Å². The standard InChI is InChI=1S/C21H24N2O5S/c1-22(2)29(25,26)17-8-5-15(6-9-17)21(24)23-11-3-4-18(23)16-7-10-19-20(14-16)28-13-12-27-19/h5-10,14,18H,3-4,11-13H2,1-2H3/t18-/m0/s1. The zero-order valence-corrected chi connectivity index (χ0v) is 17.3. The van der Waals surface area contributed by atoms with Gasteiger partial charge in [-0.15, -0.1) is 0 Å². The average molecular weight is 416 g/mol. The number of ether oxygens (including phenoxy) is 2. The predicted molar refractivity (Wildman–Crippen MR) is 108 cm³/mol. The minimum absolute atomic E-state index is 0.0384. The van der Waals surface area contributed by atoms with Crippen molar-refractivity contribution in [2.75, 3.05) is 33.9 Å². The van der Waals surface area contributed by atoms with E-state index in [9.17, 15) is 13.2 Å². The molecule has 1 fully saturated rings. The third kappa shape index (κ3) is 3.70. The van der Waals surface area contributed by atoms with E-state index in [-0.39, 0.29) is 16.8 Å². The minimum atomic E-state index is -3.52. The first-order chi connectivity index (χ1) is 13.9. The first-order valence-corrected chi connectivity index (χ1v) is 11.0. The molecule has 0 aromatic heterocycles. The second kappa shape index (κ2) is 7.68. The molecule has 0 radical (unpaired) electrons. The Balaban J connectivity index is 1.57. The number of rotatable bonds is 4. The molecule has 0 saturated carbocycles. The Kier molecular flexibility index (Phi) is 5.23. The van der Waals surface area contributed by atoms with Crippen molar-refractivity contribution in [2.45, 2.75) is 23.8 Å². The summed E-state index contributed by atoms with van der Waals surface area (Å²) in [4.78, 5) is 15.1. The average Bonchev–Trinajstić information content (AvgIpc) is 3.22. The molecule has 0 N–H and O–H groups in total. The molecule has 1 atom stereocenters. The Bertz CT molecular complexity index is 1020. The van der Waals surface area contributed by atoms with E-state index in [0.29, 0.717) is 31.1 Å². The van der Waals surface area contributed by atoms with Crippen LogP contribution in [0.5, 0.6) is 11.5 Å². The number of fused-ring (bicyclic) bond motifs is 1. The summed E-state index contributed by atoms with van der Waals surface area (Å²) in [5.74, 6) is 1.34. The van der Waals surface area contributed by atoms with Gasteiger partial charge >= 0.3 is 0 Å². The van der Waals surface area contributed by atoms with E-state index in [1.807, 2.05) is 23.1 Å². The van der Waals surface area contributed by atoms with Crippen LogP contribution >= 0.6 is 0 Å². The SMILES string of the molecule is CN(C)S(=O)(=O)c1ccc(C(=O)N2CCC[C@H]2c2ccc3c(c2)OCCO3)cc1. The highest BCUT2D eigenvalue weighted by Crippen LogP contribution is 2.38. The third-order valence-electron chi connectivity index (χ3n) is 5.34. The van der Waals surface area contributed by atoms with Crippen LogP contribution in [0.1, 0.15) is 34.8 Å². The molecule has 2 aromatic rings. The number of nitrogens with zero attached hydrogens (tertiary/aromatic N) is 2. The molecule has 154 valence electrons. The van der Waals surface area contributed by atoms with Crippen molar-refractivity contribution in [1.82, 2.24) is 9.21 Å². The second-order valence-electron chi connectivity index (χ2n) is 7.37. The molecule has 8 heteroatoms. The van der Waals surface area contributed by atoms with Gasteiger partial charge in [0.25, 0.3) is 5.91 Å². The van der Waals surface area contributed by atoms with Crippen LogP contribution in [0.2, 0.25) is 0 Å². The first kappa shape index (κ1) is 19.7. The van der Waals surface area contributed by atoms with Crippen LogP contribution in [0, 0.1) is 0 Å². The lowest BCUT2D eigenvalue weighted by molar-refractivity contribution is 0.0735. The van der Waals surface area contributed by atoms with Crippen LogP contribution < -0.4 is 9.47 Å². The molecule has 1 saturated heterocycles. The van der Waals surface area contributed by atoms with Gasteiger partial charge in [0.1, 0.15) is 13.2 Å². The van der Waals surface area contributed by atoms with Gasteiger partial charge in [-0.25, -0.2) is 12.7 Å². The highest BCUT2D eigenvalue weighted by Gasteiger charge is 2.31. The minimum Gasteiger partial charge on any atom is -0.486 e. The Hall–Kier alpha value is -2.58. The number of sulfonamides is 1. The van der Waals surface area contributed by atoms with Crippen LogP contribution in [0.3, 0.4) is 0 Å². The number of benzene rings is 2. The number of carbonyl (C=O) groups excluding carboxylic acids is 1. The Morgan fingerprint density at radius 2 is 1.72 bits per heavy atom. The lowest BCUT2D eigenvalue weighted by Gasteiger charge is -2.27. The summed E-state index contributed by atoms with van der Waals surface area (Å²) in [5.41, 5.74) is 1.50. The molecule has 0 spiro atoms. The fraction of sp³-hybridized carbons (Fsp3) is 0.381. The van der Waals surface area contributed by atoms with Gasteiger partial charge in [0.2, 0.25) is 10.0 Å². The van der Waals surface area contributed by atoms with Crippen molar-refractivity contribution in [1.29, 1.82) is 0 Å². The van der Waals surface area contributed by atoms with Crippen LogP contribution in [-0.2, 0) is 10.0 Å². The summed E-state index contributed by atoms with van der Waals surface area (Å²) in [6.07, 6.45) is 1.79. The largest absolute Gasteiger partial charge is 0.486 e. The van der Waals surface area contributed by atoms with E-state index < -0.39 is 10.0 Å². The van der Waals surface area contributed by atoms with E-state index in [1.165, 1.54) is 26.2 Å². The van der Waals surface area contributed by atoms with Crippen LogP contribution in [-0.4, -0.2) is 57.4 Å². The van der Waals surface area contributed by atoms with Crippen LogP contribution in [0.15, 0.2) is 47.4 Å². The van der Waals surface area contributed by atoms with Gasteiger partial charge in [0, 0.05) is 26.2 Å². The van der Waals surface area contributed by atoms with Gasteiger partial charge in [0.15, 0.2) is 11.5 Å². The quantitative estimate of drug-likeness (QED) is 0.766. The van der Waals surface area contributed by atoms with E-state index in [2.05, 4.69) is 0 Å². The Morgan fingerprint density at radius 3 is 2.41 bits per heavy atom. The first-order valence-electron chi connectivity index (χ1n) is 9.61. The number of likely N-dealkylation sites (tertiary alicyclic amines) is 1. The maximum atomic E-state index is 13.1. The highest BCUT2D eigenvalue weighted by molar-refractivity contribution is 7.89. The van der Waals surface area contributed by atoms with Gasteiger partial charge in [-0.05, 0) is 54.8 Å². The second-order valence-corrected chi connectivity index (χ2v) is 9.52. The molecule has 2 heterocycles. The normalized spacial score (nSPS) is 18.9. The zero-order chi connectivity index (χ0) is 20.6. The van der Waals surface area contributed by atoms with Crippen LogP contribution in [0.25, 0.3) is 0 Å². The van der Waals surface area contributed by atoms with Gasteiger partial charge < -0.3 is 14.4 Å². The number of hydrogen-bond acceptors (Lipinski definition) is 5. The molecule has 0 aliphatic carbocycles. The summed E-state index contributed by atoms with van der Waals surface area (Å²) in [6.45, 7) is 1.72. The van der Waals surface area contributed by atoms with Gasteiger partial charge in [-0.1, -0.05) is 6.07 Å². The summed E-state index contributed by atoms with van der Waals surface area (Å²) in [6, 6.07) is 11.9. The molecular formula is C21H24N2O5S. The maximum absolute atomic E-state index is 13.1. The van der Waals surface area contributed by atoms with Gasteiger partial charge in [0.05, 0.1) is 10.9 Å². The molecule has 1 amide bonds. The molecule has 7 nitrogen and oxygen atoms in total. The highest BCUT2D eigenvalue weighted by atomic mass is 32.2. The molecule has 0 bridgehead atoms. The fourth-order valence-corrected chi connectivity index (χ4v) is 4.67. The monoisotopic (exact) mass is 416 g/mol. The van der Waals surface area contributed by atoms with Gasteiger partial charge in [-0.2, -0.15) is 0 Å². The predicted octanol–water partition coefficient (Wildman–Crippen LogP) is 2.69. The molecular weight excluding hydrogens is 392 g/mol. The molecule has 29 heavy (non-hydrogen) atoms. The summed E-state index contributed by atoms with van der Waals surface area (Å²) in [7, 11) is -0.553. The molecule has 4 rings (SSSR count). The smallest absolute Gasteiger partial charge is 0.254 e. The van der Waals surface area contributed by atoms with Crippen molar-refractivity contribution in [2.24, 2.45) is 0 Å². The van der Waals surface area contributed by atoms with Crippen molar-refractivity contribution in [3.8, 4) is 11.5 Å². The number of carbonyl (C=O) groups is 1. The van der Waals surface area contributed by atoms with E-state index >= 15 is 0 Å². The lowest BCUT2D eigenvalue weighted by Crippen LogP contribution is -2.30. The molecule has 2 aliphatic rings. The van der Waals surface area contributed by atoms with Crippen molar-refractivity contribution >= 4 is 15.9 Å². The lowest BCUT2D eigenvalue weighted by atomic mass is 10.0. The maximum Gasteiger partial charge on any atom is 0.254 e. The molecule has 2 aliphatic heterocycles. The Morgan fingerprint density at radius 1 is 1.03 bits per heavy atom. The van der Waals surface area contributed by atoms with E-state index in [1.54, 1.807) is 12.1 Å². The summed E-state index contributed by atoms with van der Waals surface area (Å²) < 4.78 is 36.9. The Labute approximate surface area is 170 Å². The fourth-order valence-electron chi connectivity index (χ4n) is 3.77. The molecule has 0 unspecified atom stereocenters. The van der Waals surface area contributed by atoms with Crippen molar-refractivity contribution in [3.05, 3.63) is 53.6 Å². The number of amides is 1. The van der Waals surface area contributed by atoms with Crippen molar-refractivity contribution < 1.29 is 22.7 Å². The van der Waals surface area contributed by atoms with Crippen LogP contribution in [0.4, 0.5) is 0 Å². The molecule has 2 aromatic carbocycles. The summed E-state index contributed by atoms with van der Waals surface area (Å²) in [5, 5.41) is 0. The summed E-state index contributed by atoms with van der Waals surface area (Å²) >= 11 is 0. The third-order valence-corrected chi connectivity index (χ3v) is 7.17.